The second kappa shape index (κ2) is 7.14. The van der Waals surface area contributed by atoms with Crippen molar-refractivity contribution < 1.29 is 4.74 Å². The first-order valence-corrected chi connectivity index (χ1v) is 4.50. The Balaban J connectivity index is 0.000000561. The summed E-state index contributed by atoms with van der Waals surface area (Å²) in [7, 11) is 1.59. The molecule has 0 aliphatic heterocycles. The molecule has 1 aromatic rings. The number of hydrogen-bond acceptors (Lipinski definition) is 1. The lowest BCUT2D eigenvalue weighted by Gasteiger charge is -2.05. The summed E-state index contributed by atoms with van der Waals surface area (Å²) in [5.74, 6) is 0. The van der Waals surface area contributed by atoms with Crippen LogP contribution in [-0.4, -0.2) is 7.11 Å². The van der Waals surface area contributed by atoms with Crippen LogP contribution in [0, 0.1) is 0 Å². The average molecular weight is 187 g/mol. The molecule has 0 radical (unpaired) electrons. The zero-order chi connectivity index (χ0) is 9.40. The summed E-state index contributed by atoms with van der Waals surface area (Å²) in [5.41, 5.74) is 0.674. The van der Waals surface area contributed by atoms with E-state index < -0.39 is 0 Å². The summed E-state index contributed by atoms with van der Waals surface area (Å²) in [6.07, 6.45) is 0. The third-order valence-electron chi connectivity index (χ3n) is 1.27. The average Bonchev–Trinajstić information content (AvgIpc) is 2.21. The summed E-state index contributed by atoms with van der Waals surface area (Å²) in [6.45, 7) is 4.00. The van der Waals surface area contributed by atoms with Crippen molar-refractivity contribution in [3.63, 3.8) is 0 Å². The maximum Gasteiger partial charge on any atom is 0.156 e. The molecule has 0 N–H and O–H groups in total. The standard InChI is InChI=1S/C8H9ClO.C2H6/c1-10-8(9)7-5-3-2-4-6-7;1-2/h2-6,8H,1H3;1-2H3. The van der Waals surface area contributed by atoms with E-state index in [1.165, 1.54) is 0 Å². The Morgan fingerprint density at radius 1 is 1.17 bits per heavy atom. The molecule has 1 rings (SSSR count). The number of rotatable bonds is 2. The monoisotopic (exact) mass is 186 g/mol. The molecule has 1 nitrogen and oxygen atoms in total. The van der Waals surface area contributed by atoms with Gasteiger partial charge in [-0.3, -0.25) is 0 Å². The van der Waals surface area contributed by atoms with Gasteiger partial charge in [-0.05, 0) is 5.56 Å². The summed E-state index contributed by atoms with van der Waals surface area (Å²) in [6, 6.07) is 9.68. The van der Waals surface area contributed by atoms with Crippen LogP contribution in [-0.2, 0) is 4.74 Å². The third kappa shape index (κ3) is 3.74. The number of hydrogen-bond donors (Lipinski definition) is 0. The Hall–Kier alpha value is -0.530. The zero-order valence-electron chi connectivity index (χ0n) is 7.75. The Bertz CT molecular complexity index is 186. The summed E-state index contributed by atoms with van der Waals surface area (Å²) in [5, 5.41) is 0. The number of ether oxygens (including phenoxy) is 1. The fraction of sp³-hybridized carbons (Fsp3) is 0.400. The van der Waals surface area contributed by atoms with E-state index in [4.69, 9.17) is 16.3 Å². The van der Waals surface area contributed by atoms with Crippen molar-refractivity contribution in [1.82, 2.24) is 0 Å². The minimum atomic E-state index is -0.318. The molecule has 1 aromatic carbocycles. The summed E-state index contributed by atoms with van der Waals surface area (Å²) >= 11 is 5.77. The maximum absolute atomic E-state index is 5.77. The van der Waals surface area contributed by atoms with Crippen molar-refractivity contribution >= 4 is 11.6 Å². The van der Waals surface area contributed by atoms with E-state index in [0.29, 0.717) is 0 Å². The van der Waals surface area contributed by atoms with Gasteiger partial charge in [-0.25, -0.2) is 0 Å². The van der Waals surface area contributed by atoms with Crippen LogP contribution in [0.1, 0.15) is 25.0 Å². The van der Waals surface area contributed by atoms with Crippen molar-refractivity contribution in [3.05, 3.63) is 35.9 Å². The van der Waals surface area contributed by atoms with Crippen LogP contribution in [0.2, 0.25) is 0 Å². The molecule has 12 heavy (non-hydrogen) atoms. The Kier molecular flexibility index (Phi) is 6.82. The highest BCUT2D eigenvalue weighted by Gasteiger charge is 2.02. The van der Waals surface area contributed by atoms with E-state index in [0.717, 1.165) is 5.56 Å². The lowest BCUT2D eigenvalue weighted by molar-refractivity contribution is 0.170. The van der Waals surface area contributed by atoms with Gasteiger partial charge in [0.15, 0.2) is 5.56 Å². The van der Waals surface area contributed by atoms with Gasteiger partial charge in [0.1, 0.15) is 0 Å². The fourth-order valence-electron chi connectivity index (χ4n) is 0.740. The fourth-order valence-corrected chi connectivity index (χ4v) is 0.886. The number of alkyl halides is 1. The molecule has 0 heterocycles. The predicted octanol–water partition coefficient (Wildman–Crippen LogP) is 3.60. The highest BCUT2D eigenvalue weighted by atomic mass is 35.5. The molecule has 0 aliphatic carbocycles. The molecule has 1 atom stereocenters. The van der Waals surface area contributed by atoms with Crippen molar-refractivity contribution in [2.75, 3.05) is 7.11 Å². The molecule has 1 unspecified atom stereocenters. The number of benzene rings is 1. The molecule has 0 spiro atoms. The minimum Gasteiger partial charge on any atom is -0.361 e. The van der Waals surface area contributed by atoms with Gasteiger partial charge in [-0.1, -0.05) is 55.8 Å². The first-order chi connectivity index (χ1) is 5.84. The van der Waals surface area contributed by atoms with E-state index >= 15 is 0 Å². The van der Waals surface area contributed by atoms with Crippen LogP contribution >= 0.6 is 11.6 Å². The molecule has 0 aromatic heterocycles. The SMILES string of the molecule is CC.COC(Cl)c1ccccc1. The van der Waals surface area contributed by atoms with Crippen molar-refractivity contribution in [2.45, 2.75) is 19.4 Å². The second-order valence-electron chi connectivity index (χ2n) is 1.96. The van der Waals surface area contributed by atoms with Crippen LogP contribution in [0.3, 0.4) is 0 Å². The molecule has 0 bridgehead atoms. The smallest absolute Gasteiger partial charge is 0.156 e. The molecule has 0 amide bonds. The van der Waals surface area contributed by atoms with Gasteiger partial charge < -0.3 is 4.74 Å². The largest absolute Gasteiger partial charge is 0.361 e. The molecular weight excluding hydrogens is 172 g/mol. The van der Waals surface area contributed by atoms with E-state index in [-0.39, 0.29) is 5.56 Å². The first-order valence-electron chi connectivity index (χ1n) is 4.06. The van der Waals surface area contributed by atoms with Crippen LogP contribution in [0.25, 0.3) is 0 Å². The topological polar surface area (TPSA) is 9.23 Å². The quantitative estimate of drug-likeness (QED) is 0.642. The van der Waals surface area contributed by atoms with Gasteiger partial charge in [0.25, 0.3) is 0 Å². The molecule has 0 aliphatic rings. The van der Waals surface area contributed by atoms with Crippen LogP contribution in [0.4, 0.5) is 0 Å². The highest BCUT2D eigenvalue weighted by molar-refractivity contribution is 6.19. The number of methoxy groups -OCH3 is 1. The second-order valence-corrected chi connectivity index (χ2v) is 2.36. The van der Waals surface area contributed by atoms with Gasteiger partial charge in [0.05, 0.1) is 0 Å². The summed E-state index contributed by atoms with van der Waals surface area (Å²) in [4.78, 5) is 0. The van der Waals surface area contributed by atoms with Gasteiger partial charge >= 0.3 is 0 Å². The first kappa shape index (κ1) is 11.5. The van der Waals surface area contributed by atoms with Crippen molar-refractivity contribution in [2.24, 2.45) is 0 Å². The molecular formula is C10H15ClO. The van der Waals surface area contributed by atoms with Gasteiger partial charge in [0.2, 0.25) is 0 Å². The molecule has 68 valence electrons. The molecule has 0 saturated carbocycles. The van der Waals surface area contributed by atoms with Gasteiger partial charge in [0, 0.05) is 7.11 Å². The maximum atomic E-state index is 5.77. The van der Waals surface area contributed by atoms with Crippen molar-refractivity contribution in [1.29, 1.82) is 0 Å². The number of halogens is 1. The van der Waals surface area contributed by atoms with Crippen LogP contribution in [0.5, 0.6) is 0 Å². The van der Waals surface area contributed by atoms with Gasteiger partial charge in [-0.2, -0.15) is 0 Å². The van der Waals surface area contributed by atoms with Gasteiger partial charge in [-0.15, -0.1) is 0 Å². The van der Waals surface area contributed by atoms with Crippen molar-refractivity contribution in [3.8, 4) is 0 Å². The van der Waals surface area contributed by atoms with E-state index in [9.17, 15) is 0 Å². The Labute approximate surface area is 79.3 Å². The lowest BCUT2D eigenvalue weighted by atomic mass is 10.2. The Morgan fingerprint density at radius 3 is 2.08 bits per heavy atom. The highest BCUT2D eigenvalue weighted by Crippen LogP contribution is 2.19. The van der Waals surface area contributed by atoms with Crippen LogP contribution in [0.15, 0.2) is 30.3 Å². The lowest BCUT2D eigenvalue weighted by Crippen LogP contribution is -1.90. The van der Waals surface area contributed by atoms with Crippen LogP contribution < -0.4 is 0 Å². The minimum absolute atomic E-state index is 0.318. The predicted molar refractivity (Wildman–Crippen MR) is 53.4 cm³/mol. The molecule has 2 heteroatoms. The molecule has 0 saturated heterocycles. The Morgan fingerprint density at radius 2 is 1.67 bits per heavy atom. The summed E-state index contributed by atoms with van der Waals surface area (Å²) < 4.78 is 4.90. The molecule has 0 fully saturated rings. The van der Waals surface area contributed by atoms with E-state index in [1.54, 1.807) is 7.11 Å². The third-order valence-corrected chi connectivity index (χ3v) is 1.70. The van der Waals surface area contributed by atoms with E-state index in [2.05, 4.69) is 0 Å². The normalized spacial score (nSPS) is 11.3. The zero-order valence-corrected chi connectivity index (χ0v) is 8.51. The van der Waals surface area contributed by atoms with E-state index in [1.807, 2.05) is 44.2 Å².